The minimum atomic E-state index is -0.914. The highest BCUT2D eigenvalue weighted by atomic mass is 16.5. The van der Waals surface area contributed by atoms with Crippen LogP contribution in [0.1, 0.15) is 26.3 Å². The average molecular weight is 448 g/mol. The van der Waals surface area contributed by atoms with E-state index in [4.69, 9.17) is 9.47 Å². The molecule has 0 spiro atoms. The molecule has 0 fully saturated rings. The van der Waals surface area contributed by atoms with E-state index in [2.05, 4.69) is 15.8 Å². The van der Waals surface area contributed by atoms with Crippen molar-refractivity contribution in [2.24, 2.45) is 16.9 Å². The quantitative estimate of drug-likeness (QED) is 0.285. The molecule has 0 radical (unpaired) electrons. The minimum absolute atomic E-state index is 0.227. The third-order valence-corrected chi connectivity index (χ3v) is 5.19. The van der Waals surface area contributed by atoms with Gasteiger partial charge in [-0.05, 0) is 53.9 Å². The van der Waals surface area contributed by atoms with E-state index in [0.29, 0.717) is 23.8 Å². The summed E-state index contributed by atoms with van der Waals surface area (Å²) in [6.45, 7) is 6.05. The number of hydrogen-bond donors (Lipinski definition) is 2. The first kappa shape index (κ1) is 23.8. The Morgan fingerprint density at radius 3 is 2.39 bits per heavy atom. The third kappa shape index (κ3) is 5.88. The highest BCUT2D eigenvalue weighted by Gasteiger charge is 2.30. The van der Waals surface area contributed by atoms with Crippen molar-refractivity contribution in [1.82, 2.24) is 5.43 Å². The van der Waals surface area contributed by atoms with Gasteiger partial charge >= 0.3 is 0 Å². The van der Waals surface area contributed by atoms with Crippen LogP contribution in [0.5, 0.6) is 11.5 Å². The van der Waals surface area contributed by atoms with Crippen LogP contribution in [-0.4, -0.2) is 31.7 Å². The van der Waals surface area contributed by atoms with E-state index in [1.807, 2.05) is 57.2 Å². The summed E-state index contributed by atoms with van der Waals surface area (Å²) in [5, 5.41) is 8.93. The van der Waals surface area contributed by atoms with Gasteiger partial charge in [0.1, 0.15) is 17.4 Å². The Labute approximate surface area is 193 Å². The predicted octanol–water partition coefficient (Wildman–Crippen LogP) is 4.61. The van der Waals surface area contributed by atoms with E-state index in [9.17, 15) is 9.59 Å². The zero-order valence-corrected chi connectivity index (χ0v) is 19.3. The molecule has 0 saturated heterocycles. The monoisotopic (exact) mass is 447 g/mol. The molecule has 2 N–H and O–H groups in total. The van der Waals surface area contributed by atoms with Crippen LogP contribution in [0.15, 0.2) is 65.8 Å². The van der Waals surface area contributed by atoms with Gasteiger partial charge in [0.15, 0.2) is 0 Å². The minimum Gasteiger partial charge on any atom is -0.497 e. The van der Waals surface area contributed by atoms with E-state index in [0.717, 1.165) is 16.3 Å². The fraction of sp³-hybridized carbons (Fsp3) is 0.269. The average Bonchev–Trinajstić information content (AvgIpc) is 2.80. The van der Waals surface area contributed by atoms with Crippen LogP contribution in [0.2, 0.25) is 0 Å². The highest BCUT2D eigenvalue weighted by Crippen LogP contribution is 2.26. The Kier molecular flexibility index (Phi) is 8.02. The Bertz CT molecular complexity index is 1140. The Morgan fingerprint density at radius 2 is 1.73 bits per heavy atom. The van der Waals surface area contributed by atoms with Crippen molar-refractivity contribution in [3.05, 3.63) is 66.2 Å². The van der Waals surface area contributed by atoms with Crippen LogP contribution in [0, 0.1) is 11.8 Å². The summed E-state index contributed by atoms with van der Waals surface area (Å²) in [5.74, 6) is -0.668. The van der Waals surface area contributed by atoms with Gasteiger partial charge in [0.05, 0.1) is 19.9 Å². The van der Waals surface area contributed by atoms with Gasteiger partial charge in [0.2, 0.25) is 5.91 Å². The second-order valence-electron chi connectivity index (χ2n) is 7.81. The summed E-state index contributed by atoms with van der Waals surface area (Å²) in [6, 6.07) is 18.7. The molecule has 0 aliphatic carbocycles. The van der Waals surface area contributed by atoms with Crippen molar-refractivity contribution in [2.45, 2.75) is 20.8 Å². The summed E-state index contributed by atoms with van der Waals surface area (Å²) in [7, 11) is 1.57. The maximum absolute atomic E-state index is 12.8. The van der Waals surface area contributed by atoms with Crippen molar-refractivity contribution in [3.63, 3.8) is 0 Å². The van der Waals surface area contributed by atoms with Crippen molar-refractivity contribution in [2.75, 3.05) is 19.0 Å². The topological polar surface area (TPSA) is 89.0 Å². The van der Waals surface area contributed by atoms with Crippen LogP contribution in [-0.2, 0) is 9.59 Å². The molecular formula is C26H29N3O4. The van der Waals surface area contributed by atoms with Gasteiger partial charge in [-0.2, -0.15) is 5.10 Å². The Morgan fingerprint density at radius 1 is 1.00 bits per heavy atom. The number of carbonyl (C=O) groups excluding carboxylic acids is 2. The van der Waals surface area contributed by atoms with Gasteiger partial charge in [-0.15, -0.1) is 0 Å². The van der Waals surface area contributed by atoms with Crippen molar-refractivity contribution in [1.29, 1.82) is 0 Å². The SMILES string of the molecule is CCOc1ccc2ccccc2c1C=NNC(=O)C(C(=O)Nc1ccc(OC)cc1)C(C)C. The largest absolute Gasteiger partial charge is 0.497 e. The summed E-state index contributed by atoms with van der Waals surface area (Å²) < 4.78 is 10.9. The molecule has 1 atom stereocenters. The number of hydrazone groups is 1. The first-order valence-electron chi connectivity index (χ1n) is 10.9. The van der Waals surface area contributed by atoms with Crippen LogP contribution >= 0.6 is 0 Å². The number of ether oxygens (including phenoxy) is 2. The number of hydrogen-bond acceptors (Lipinski definition) is 5. The fourth-order valence-electron chi connectivity index (χ4n) is 3.54. The molecule has 172 valence electrons. The molecule has 2 amide bonds. The molecule has 7 heteroatoms. The molecule has 0 aliphatic heterocycles. The molecule has 33 heavy (non-hydrogen) atoms. The molecule has 0 saturated carbocycles. The third-order valence-electron chi connectivity index (χ3n) is 5.19. The molecule has 0 aromatic heterocycles. The molecule has 0 bridgehead atoms. The smallest absolute Gasteiger partial charge is 0.252 e. The molecule has 0 aliphatic rings. The van der Waals surface area contributed by atoms with Crippen molar-refractivity contribution in [3.8, 4) is 11.5 Å². The van der Waals surface area contributed by atoms with Crippen molar-refractivity contribution >= 4 is 34.5 Å². The lowest BCUT2D eigenvalue weighted by molar-refractivity contribution is -0.134. The van der Waals surface area contributed by atoms with Crippen LogP contribution in [0.3, 0.4) is 0 Å². The van der Waals surface area contributed by atoms with Gasteiger partial charge in [-0.3, -0.25) is 9.59 Å². The summed E-state index contributed by atoms with van der Waals surface area (Å²) >= 11 is 0. The lowest BCUT2D eigenvalue weighted by Crippen LogP contribution is -2.39. The second-order valence-corrected chi connectivity index (χ2v) is 7.81. The van der Waals surface area contributed by atoms with Gasteiger partial charge in [-0.1, -0.05) is 44.2 Å². The van der Waals surface area contributed by atoms with E-state index in [1.165, 1.54) is 0 Å². The number of nitrogens with one attached hydrogen (secondary N) is 2. The lowest BCUT2D eigenvalue weighted by atomic mass is 9.94. The van der Waals surface area contributed by atoms with E-state index >= 15 is 0 Å². The van der Waals surface area contributed by atoms with Crippen LogP contribution in [0.25, 0.3) is 10.8 Å². The molecule has 7 nitrogen and oxygen atoms in total. The molecule has 0 heterocycles. The summed E-state index contributed by atoms with van der Waals surface area (Å²) in [4.78, 5) is 25.7. The summed E-state index contributed by atoms with van der Waals surface area (Å²) in [5.41, 5.74) is 3.87. The molecule has 3 aromatic carbocycles. The predicted molar refractivity (Wildman–Crippen MR) is 131 cm³/mol. The summed E-state index contributed by atoms with van der Waals surface area (Å²) in [6.07, 6.45) is 1.56. The van der Waals surface area contributed by atoms with E-state index < -0.39 is 17.7 Å². The standard InChI is InChI=1S/C26H29N3O4/c1-5-33-23-15-10-18-8-6-7-9-21(18)22(23)16-27-29-26(31)24(17(2)3)25(30)28-19-11-13-20(32-4)14-12-19/h6-17,24H,5H2,1-4H3,(H,28,30)(H,29,31). The Hall–Kier alpha value is -3.87. The number of benzene rings is 3. The van der Waals surface area contributed by atoms with Gasteiger partial charge < -0.3 is 14.8 Å². The number of anilines is 1. The zero-order chi connectivity index (χ0) is 23.8. The van der Waals surface area contributed by atoms with Gasteiger partial charge in [-0.25, -0.2) is 5.43 Å². The van der Waals surface area contributed by atoms with Gasteiger partial charge in [0.25, 0.3) is 5.91 Å². The molecule has 3 aromatic rings. The first-order chi connectivity index (χ1) is 15.9. The Balaban J connectivity index is 1.76. The van der Waals surface area contributed by atoms with Crippen LogP contribution in [0.4, 0.5) is 5.69 Å². The molecule has 3 rings (SSSR count). The number of fused-ring (bicyclic) bond motifs is 1. The maximum Gasteiger partial charge on any atom is 0.252 e. The normalized spacial score (nSPS) is 12.0. The van der Waals surface area contributed by atoms with Gasteiger partial charge in [0, 0.05) is 11.3 Å². The molecule has 1 unspecified atom stereocenters. The van der Waals surface area contributed by atoms with E-state index in [1.54, 1.807) is 37.6 Å². The second kappa shape index (κ2) is 11.1. The number of nitrogens with zero attached hydrogens (tertiary/aromatic N) is 1. The number of methoxy groups -OCH3 is 1. The van der Waals surface area contributed by atoms with E-state index in [-0.39, 0.29) is 5.92 Å². The number of rotatable bonds is 9. The molecular weight excluding hydrogens is 418 g/mol. The zero-order valence-electron chi connectivity index (χ0n) is 19.3. The maximum atomic E-state index is 12.8. The number of carbonyl (C=O) groups is 2. The first-order valence-corrected chi connectivity index (χ1v) is 10.9. The number of amides is 2. The van der Waals surface area contributed by atoms with Crippen LogP contribution < -0.4 is 20.2 Å². The van der Waals surface area contributed by atoms with Crippen molar-refractivity contribution < 1.29 is 19.1 Å². The fourth-order valence-corrected chi connectivity index (χ4v) is 3.54. The lowest BCUT2D eigenvalue weighted by Gasteiger charge is -2.18. The highest BCUT2D eigenvalue weighted by molar-refractivity contribution is 6.07.